The topological polar surface area (TPSA) is 80.4 Å². The Hall–Kier alpha value is -4.39. The number of amides is 2. The van der Waals surface area contributed by atoms with Crippen molar-refractivity contribution in [1.82, 2.24) is 20.0 Å². The Morgan fingerprint density at radius 2 is 1.59 bits per heavy atom. The Bertz CT molecular complexity index is 1890. The van der Waals surface area contributed by atoms with Gasteiger partial charge in [-0.05, 0) is 126 Å². The normalized spacial score (nSPS) is 22.1. The molecule has 1 saturated carbocycles. The lowest BCUT2D eigenvalue weighted by Gasteiger charge is -2.54. The second kappa shape index (κ2) is 18.3. The summed E-state index contributed by atoms with van der Waals surface area (Å²) in [6.07, 6.45) is 8.79. The van der Waals surface area contributed by atoms with E-state index in [1.807, 2.05) is 25.1 Å². The number of likely N-dealkylation sites (tertiary alicyclic amines) is 2. The van der Waals surface area contributed by atoms with Crippen LogP contribution in [0.15, 0.2) is 84.9 Å². The zero-order chi connectivity index (χ0) is 40.9. The first-order valence-corrected chi connectivity index (χ1v) is 21.0. The third-order valence-corrected chi connectivity index (χ3v) is 13.1. The maximum absolute atomic E-state index is 15.7. The third-order valence-electron chi connectivity index (χ3n) is 13.1. The van der Waals surface area contributed by atoms with Gasteiger partial charge < -0.3 is 35.0 Å². The predicted octanol–water partition coefficient (Wildman–Crippen LogP) is 7.34. The Labute approximate surface area is 341 Å². The minimum atomic E-state index is -3.23. The number of carbonyl (C=O) groups excluding carboxylic acids is 2. The molecule has 312 valence electrons. The number of nitrogens with zero attached hydrogens (tertiary/aromatic N) is 4. The van der Waals surface area contributed by atoms with Crippen LogP contribution in [-0.4, -0.2) is 113 Å². The van der Waals surface area contributed by atoms with Crippen molar-refractivity contribution in [3.8, 4) is 0 Å². The van der Waals surface area contributed by atoms with Gasteiger partial charge in [0, 0.05) is 78.7 Å². The van der Waals surface area contributed by atoms with Crippen molar-refractivity contribution < 1.29 is 27.5 Å². The van der Waals surface area contributed by atoms with E-state index < -0.39 is 12.0 Å². The smallest absolute Gasteiger partial charge is 0.407 e. The van der Waals surface area contributed by atoms with Gasteiger partial charge in [0.25, 0.3) is 5.92 Å². The summed E-state index contributed by atoms with van der Waals surface area (Å²) in [7, 11) is 5.20. The highest BCUT2D eigenvalue weighted by Gasteiger charge is 2.53. The van der Waals surface area contributed by atoms with Gasteiger partial charge in [0.15, 0.2) is 0 Å². The number of halogens is 3. The number of benzene rings is 3. The van der Waals surface area contributed by atoms with Crippen molar-refractivity contribution in [2.45, 2.75) is 55.9 Å². The van der Waals surface area contributed by atoms with Crippen LogP contribution in [0.25, 0.3) is 0 Å². The van der Waals surface area contributed by atoms with E-state index in [0.717, 1.165) is 95.7 Å². The van der Waals surface area contributed by atoms with Crippen LogP contribution in [0, 0.1) is 23.6 Å². The number of hydrogen-bond donors (Lipinski definition) is 2. The highest BCUT2D eigenvalue weighted by molar-refractivity contribution is 5.99. The molecule has 3 aromatic rings. The van der Waals surface area contributed by atoms with Crippen molar-refractivity contribution in [2.75, 3.05) is 90.3 Å². The molecule has 3 atom stereocenters. The van der Waals surface area contributed by atoms with Crippen molar-refractivity contribution >= 4 is 23.4 Å². The molecule has 3 aliphatic heterocycles. The van der Waals surface area contributed by atoms with E-state index in [9.17, 15) is 9.59 Å². The van der Waals surface area contributed by atoms with E-state index in [2.05, 4.69) is 31.4 Å². The van der Waals surface area contributed by atoms with Gasteiger partial charge in [0.05, 0.1) is 7.11 Å². The summed E-state index contributed by atoms with van der Waals surface area (Å²) in [5, 5.41) is 5.86. The number of nitrogens with one attached hydrogen (secondary N) is 2. The minimum absolute atomic E-state index is 0.0254. The number of alkyl carbamates (subject to hydrolysis) is 1. The van der Waals surface area contributed by atoms with E-state index in [0.29, 0.717) is 24.1 Å². The predicted molar refractivity (Wildman–Crippen MR) is 223 cm³/mol. The molecule has 0 spiro atoms. The van der Waals surface area contributed by atoms with Crippen molar-refractivity contribution in [3.05, 3.63) is 107 Å². The lowest BCUT2D eigenvalue weighted by atomic mass is 9.57. The Morgan fingerprint density at radius 3 is 2.26 bits per heavy atom. The second-order valence-electron chi connectivity index (χ2n) is 17.2. The summed E-state index contributed by atoms with van der Waals surface area (Å²) in [5.41, 5.74) is 1.72. The number of rotatable bonds is 15. The molecule has 4 fully saturated rings. The summed E-state index contributed by atoms with van der Waals surface area (Å²) in [6.45, 7) is 8.19. The molecular formula is C46H59F3N6O3. The fourth-order valence-corrected chi connectivity index (χ4v) is 10.0. The summed E-state index contributed by atoms with van der Waals surface area (Å²) < 4.78 is 51.5. The van der Waals surface area contributed by atoms with Gasteiger partial charge in [-0.2, -0.15) is 8.78 Å². The molecule has 9 nitrogen and oxygen atoms in total. The molecule has 0 unspecified atom stereocenters. The highest BCUT2D eigenvalue weighted by atomic mass is 19.3. The summed E-state index contributed by atoms with van der Waals surface area (Å²) >= 11 is 0. The average Bonchev–Trinajstić information content (AvgIpc) is 3.64. The first-order valence-electron chi connectivity index (χ1n) is 21.0. The summed E-state index contributed by atoms with van der Waals surface area (Å²) in [4.78, 5) is 34.1. The SMILES string of the molecule is COC(=O)N[C@H]1CCC[C@@H]1[C@](CN1CCC1)(c1cccc(F)c1)C1CCN(CC2CN(c3ccc(C(F)(F)c4cccc(NC(=O)/C=C/CN(C)C)c4)cc3)C2)CC1. The number of carbonyl (C=O) groups is 2. The Kier molecular flexibility index (Phi) is 13.1. The van der Waals surface area contributed by atoms with Crippen LogP contribution in [0.1, 0.15) is 55.2 Å². The number of hydrogen-bond acceptors (Lipinski definition) is 7. The number of piperidine rings is 1. The van der Waals surface area contributed by atoms with E-state index in [-0.39, 0.29) is 40.2 Å². The van der Waals surface area contributed by atoms with Crippen LogP contribution in [-0.2, 0) is 20.9 Å². The molecule has 3 aromatic carbocycles. The quantitative estimate of drug-likeness (QED) is 0.156. The molecule has 3 saturated heterocycles. The molecule has 4 aliphatic rings. The summed E-state index contributed by atoms with van der Waals surface area (Å²) in [5.74, 6) is -2.83. The van der Waals surface area contributed by atoms with Gasteiger partial charge in [-0.15, -0.1) is 0 Å². The van der Waals surface area contributed by atoms with E-state index in [1.54, 1.807) is 30.3 Å². The fourth-order valence-electron chi connectivity index (χ4n) is 10.0. The van der Waals surface area contributed by atoms with E-state index in [1.165, 1.54) is 56.0 Å². The van der Waals surface area contributed by atoms with E-state index in [4.69, 9.17) is 4.74 Å². The van der Waals surface area contributed by atoms with Gasteiger partial charge in [-0.25, -0.2) is 9.18 Å². The number of anilines is 2. The monoisotopic (exact) mass is 800 g/mol. The van der Waals surface area contributed by atoms with Crippen molar-refractivity contribution in [2.24, 2.45) is 17.8 Å². The number of likely N-dealkylation sites (N-methyl/N-ethyl adjacent to an activating group) is 1. The van der Waals surface area contributed by atoms with Crippen LogP contribution in [0.5, 0.6) is 0 Å². The summed E-state index contributed by atoms with van der Waals surface area (Å²) in [6, 6.07) is 19.6. The third kappa shape index (κ3) is 9.40. The highest BCUT2D eigenvalue weighted by Crippen LogP contribution is 2.51. The van der Waals surface area contributed by atoms with Gasteiger partial charge in [0.1, 0.15) is 5.82 Å². The molecule has 7 rings (SSSR count). The first kappa shape index (κ1) is 41.8. The zero-order valence-electron chi connectivity index (χ0n) is 34.1. The molecule has 3 heterocycles. The van der Waals surface area contributed by atoms with E-state index >= 15 is 13.2 Å². The molecule has 1 aliphatic carbocycles. The van der Waals surface area contributed by atoms with Crippen LogP contribution < -0.4 is 15.5 Å². The van der Waals surface area contributed by atoms with Gasteiger partial charge in [-0.3, -0.25) is 4.79 Å². The van der Waals surface area contributed by atoms with Crippen LogP contribution >= 0.6 is 0 Å². The largest absolute Gasteiger partial charge is 0.453 e. The molecule has 2 N–H and O–H groups in total. The lowest BCUT2D eigenvalue weighted by molar-refractivity contribution is -0.111. The van der Waals surface area contributed by atoms with Crippen LogP contribution in [0.2, 0.25) is 0 Å². The molecule has 2 amide bonds. The first-order chi connectivity index (χ1) is 27.9. The molecule has 12 heteroatoms. The second-order valence-corrected chi connectivity index (χ2v) is 17.2. The van der Waals surface area contributed by atoms with Crippen molar-refractivity contribution in [1.29, 1.82) is 0 Å². The Morgan fingerprint density at radius 1 is 0.862 bits per heavy atom. The maximum Gasteiger partial charge on any atom is 0.407 e. The lowest BCUT2D eigenvalue weighted by Crippen LogP contribution is -2.60. The molecule has 0 bridgehead atoms. The molecule has 0 radical (unpaired) electrons. The zero-order valence-corrected chi connectivity index (χ0v) is 34.1. The minimum Gasteiger partial charge on any atom is -0.453 e. The average molecular weight is 801 g/mol. The van der Waals surface area contributed by atoms with Gasteiger partial charge >= 0.3 is 6.09 Å². The fraction of sp³-hybridized carbons (Fsp3) is 0.522. The molecule has 58 heavy (non-hydrogen) atoms. The maximum atomic E-state index is 15.7. The number of ether oxygens (including phenoxy) is 1. The van der Waals surface area contributed by atoms with Crippen LogP contribution in [0.4, 0.5) is 29.3 Å². The number of methoxy groups -OCH3 is 1. The molecule has 0 aromatic heterocycles. The van der Waals surface area contributed by atoms with Gasteiger partial charge in [0.2, 0.25) is 5.91 Å². The standard InChI is InChI=1S/C46H59F3N6O3/c1-52(2)22-7-15-43(56)50-39-12-5-10-37(28-39)46(48,49)35-16-18-40(19-17-35)55-30-33(31-55)29-53-25-20-34(21-26-53)45(32-54-23-8-24-54,36-9-4-11-38(47)27-36)41-13-6-14-42(41)51-44(57)58-3/h4-5,7,9-12,15-19,27-28,33-34,41-42H,6,8,13-14,20-26,29-32H2,1-3H3,(H,50,56)(H,51,57)/b15-7+/t41-,42-,45-/m0/s1. The number of alkyl halides is 2. The Balaban J connectivity index is 0.961. The molecular weight excluding hydrogens is 742 g/mol. The van der Waals surface area contributed by atoms with Crippen molar-refractivity contribution in [3.63, 3.8) is 0 Å². The van der Waals surface area contributed by atoms with Gasteiger partial charge in [-0.1, -0.05) is 48.9 Å². The van der Waals surface area contributed by atoms with Crippen LogP contribution in [0.3, 0.4) is 0 Å².